The van der Waals surface area contributed by atoms with E-state index in [0.717, 1.165) is 0 Å². The van der Waals surface area contributed by atoms with E-state index in [9.17, 15) is 14.4 Å². The summed E-state index contributed by atoms with van der Waals surface area (Å²) < 4.78 is 13.5. The number of ether oxygens (including phenoxy) is 3. The third-order valence-corrected chi connectivity index (χ3v) is 2.97. The van der Waals surface area contributed by atoms with Gasteiger partial charge in [0.2, 0.25) is 0 Å². The van der Waals surface area contributed by atoms with Crippen LogP contribution in [0.2, 0.25) is 0 Å². The number of alkyl halides is 1. The molecule has 0 saturated heterocycles. The lowest BCUT2D eigenvalue weighted by molar-refractivity contribution is -0.159. The number of methoxy groups -OCH3 is 3. The monoisotopic (exact) mass is 310 g/mol. The first-order valence-electron chi connectivity index (χ1n) is 4.85. The summed E-state index contributed by atoms with van der Waals surface area (Å²) in [6.07, 6.45) is 0.409. The van der Waals surface area contributed by atoms with Crippen LogP contribution in [0.4, 0.5) is 0 Å². The number of hydrogen-bond acceptors (Lipinski definition) is 6. The van der Waals surface area contributed by atoms with Crippen LogP contribution in [0, 0.1) is 5.92 Å². The number of esters is 3. The fraction of sp³-hybridized carbons (Fsp3) is 0.700. The topological polar surface area (TPSA) is 78.9 Å². The van der Waals surface area contributed by atoms with Crippen molar-refractivity contribution in [3.05, 3.63) is 0 Å². The molecule has 0 saturated carbocycles. The van der Waals surface area contributed by atoms with Gasteiger partial charge in [-0.05, 0) is 12.8 Å². The molecule has 6 nitrogen and oxygen atoms in total. The van der Waals surface area contributed by atoms with Gasteiger partial charge in [0.25, 0.3) is 0 Å². The summed E-state index contributed by atoms with van der Waals surface area (Å²) in [5.41, 5.74) is 0. The Morgan fingerprint density at radius 2 is 1.29 bits per heavy atom. The van der Waals surface area contributed by atoms with Gasteiger partial charge in [-0.2, -0.15) is 0 Å². The molecule has 1 unspecified atom stereocenters. The maximum Gasteiger partial charge on any atom is 0.320 e. The zero-order valence-corrected chi connectivity index (χ0v) is 11.5. The Kier molecular flexibility index (Phi) is 7.53. The van der Waals surface area contributed by atoms with E-state index in [4.69, 9.17) is 0 Å². The summed E-state index contributed by atoms with van der Waals surface area (Å²) in [4.78, 5) is 33.2. The van der Waals surface area contributed by atoms with Gasteiger partial charge >= 0.3 is 17.9 Å². The second-order valence-electron chi connectivity index (χ2n) is 3.17. The molecule has 0 radical (unpaired) electrons. The highest BCUT2D eigenvalue weighted by Crippen LogP contribution is 2.17. The number of carbonyl (C=O) groups excluding carboxylic acids is 3. The Bertz CT molecular complexity index is 275. The first-order chi connectivity index (χ1) is 7.97. The minimum absolute atomic E-state index is 0.143. The molecule has 0 aromatic heterocycles. The summed E-state index contributed by atoms with van der Waals surface area (Å²) in [5.74, 6) is -2.84. The third-order valence-electron chi connectivity index (χ3n) is 2.14. The highest BCUT2D eigenvalue weighted by atomic mass is 79.9. The van der Waals surface area contributed by atoms with Crippen molar-refractivity contribution in [1.29, 1.82) is 0 Å². The van der Waals surface area contributed by atoms with Gasteiger partial charge in [-0.15, -0.1) is 0 Å². The lowest BCUT2D eigenvalue weighted by Gasteiger charge is -2.13. The Morgan fingerprint density at radius 1 is 0.882 bits per heavy atom. The Labute approximate surface area is 108 Å². The van der Waals surface area contributed by atoms with E-state index in [1.165, 1.54) is 21.3 Å². The fourth-order valence-electron chi connectivity index (χ4n) is 1.18. The average molecular weight is 311 g/mol. The lowest BCUT2D eigenvalue weighted by Crippen LogP contribution is -2.28. The smallest absolute Gasteiger partial charge is 0.320 e. The number of halogens is 1. The minimum Gasteiger partial charge on any atom is -0.468 e. The van der Waals surface area contributed by atoms with Crippen LogP contribution < -0.4 is 0 Å². The largest absolute Gasteiger partial charge is 0.468 e. The molecule has 1 atom stereocenters. The predicted octanol–water partition coefficient (Wildman–Crippen LogP) is 0.665. The van der Waals surface area contributed by atoms with E-state index in [2.05, 4.69) is 30.1 Å². The van der Waals surface area contributed by atoms with E-state index >= 15 is 0 Å². The van der Waals surface area contributed by atoms with Crippen molar-refractivity contribution >= 4 is 33.8 Å². The molecule has 0 aliphatic rings. The van der Waals surface area contributed by atoms with Gasteiger partial charge in [-0.25, -0.2) is 0 Å². The van der Waals surface area contributed by atoms with Crippen molar-refractivity contribution in [1.82, 2.24) is 0 Å². The van der Waals surface area contributed by atoms with Crippen LogP contribution in [0.1, 0.15) is 12.8 Å². The van der Waals surface area contributed by atoms with Crippen LogP contribution in [0.25, 0.3) is 0 Å². The zero-order valence-electron chi connectivity index (χ0n) is 9.90. The first-order valence-corrected chi connectivity index (χ1v) is 5.77. The average Bonchev–Trinajstić information content (AvgIpc) is 2.36. The maximum absolute atomic E-state index is 11.3. The summed E-state index contributed by atoms with van der Waals surface area (Å²) >= 11 is 3.10. The Hall–Kier alpha value is -1.11. The molecule has 7 heteroatoms. The van der Waals surface area contributed by atoms with Crippen LogP contribution in [0.15, 0.2) is 0 Å². The molecular weight excluding hydrogens is 296 g/mol. The molecule has 0 aliphatic heterocycles. The fourth-order valence-corrected chi connectivity index (χ4v) is 1.63. The third kappa shape index (κ3) is 5.16. The first kappa shape index (κ1) is 15.9. The zero-order chi connectivity index (χ0) is 13.4. The van der Waals surface area contributed by atoms with Gasteiger partial charge in [0.15, 0.2) is 5.92 Å². The highest BCUT2D eigenvalue weighted by molar-refractivity contribution is 9.10. The molecule has 0 heterocycles. The Morgan fingerprint density at radius 3 is 1.65 bits per heavy atom. The molecule has 17 heavy (non-hydrogen) atoms. The van der Waals surface area contributed by atoms with Crippen molar-refractivity contribution in [2.24, 2.45) is 5.92 Å². The van der Waals surface area contributed by atoms with Crippen molar-refractivity contribution in [2.75, 3.05) is 21.3 Å². The number of carbonyl (C=O) groups is 3. The van der Waals surface area contributed by atoms with Crippen molar-refractivity contribution in [3.8, 4) is 0 Å². The molecule has 0 N–H and O–H groups in total. The van der Waals surface area contributed by atoms with Gasteiger partial charge in [-0.1, -0.05) is 15.9 Å². The van der Waals surface area contributed by atoms with Gasteiger partial charge in [0.05, 0.1) is 21.3 Å². The molecule has 0 aromatic carbocycles. The molecular formula is C10H15BrO6. The van der Waals surface area contributed by atoms with Crippen molar-refractivity contribution in [3.63, 3.8) is 0 Å². The molecule has 0 fully saturated rings. The normalized spacial score (nSPS) is 11.8. The van der Waals surface area contributed by atoms with E-state index < -0.39 is 28.7 Å². The second kappa shape index (κ2) is 8.05. The molecule has 98 valence electrons. The van der Waals surface area contributed by atoms with Crippen LogP contribution >= 0.6 is 15.9 Å². The molecule has 0 aromatic rings. The van der Waals surface area contributed by atoms with Crippen LogP contribution in [0.3, 0.4) is 0 Å². The van der Waals surface area contributed by atoms with Gasteiger partial charge in [0, 0.05) is 0 Å². The lowest BCUT2D eigenvalue weighted by atomic mass is 10.0. The van der Waals surface area contributed by atoms with E-state index in [0.29, 0.717) is 0 Å². The molecule has 0 rings (SSSR count). The summed E-state index contributed by atoms with van der Waals surface area (Å²) in [6.45, 7) is 0. The SMILES string of the molecule is COC(=O)C(Br)CCC(C(=O)OC)C(=O)OC. The summed E-state index contributed by atoms with van der Waals surface area (Å²) in [5, 5.41) is 0. The quantitative estimate of drug-likeness (QED) is 0.310. The van der Waals surface area contributed by atoms with Crippen LogP contribution in [0.5, 0.6) is 0 Å². The van der Waals surface area contributed by atoms with Gasteiger partial charge in [-0.3, -0.25) is 14.4 Å². The Balaban J connectivity index is 4.41. The predicted molar refractivity (Wildman–Crippen MR) is 61.5 cm³/mol. The van der Waals surface area contributed by atoms with Crippen molar-refractivity contribution < 1.29 is 28.6 Å². The number of hydrogen-bond donors (Lipinski definition) is 0. The summed E-state index contributed by atoms with van der Waals surface area (Å²) in [6, 6.07) is 0. The minimum atomic E-state index is -1.02. The second-order valence-corrected chi connectivity index (χ2v) is 4.27. The van der Waals surface area contributed by atoms with Crippen molar-refractivity contribution in [2.45, 2.75) is 17.7 Å². The van der Waals surface area contributed by atoms with Gasteiger partial charge in [0.1, 0.15) is 4.83 Å². The molecule has 0 bridgehead atoms. The molecule has 0 aliphatic carbocycles. The molecule has 0 spiro atoms. The highest BCUT2D eigenvalue weighted by Gasteiger charge is 2.30. The van der Waals surface area contributed by atoms with E-state index in [1.54, 1.807) is 0 Å². The standard InChI is InChI=1S/C10H15BrO6/c1-15-8(12)6(9(13)16-2)4-5-7(11)10(14)17-3/h6-7H,4-5H2,1-3H3. The summed E-state index contributed by atoms with van der Waals surface area (Å²) in [7, 11) is 3.63. The molecule has 0 amide bonds. The van der Waals surface area contributed by atoms with E-state index in [1.807, 2.05) is 0 Å². The van der Waals surface area contributed by atoms with Crippen LogP contribution in [-0.4, -0.2) is 44.1 Å². The van der Waals surface area contributed by atoms with Gasteiger partial charge < -0.3 is 14.2 Å². The number of rotatable bonds is 6. The van der Waals surface area contributed by atoms with Crippen LogP contribution in [-0.2, 0) is 28.6 Å². The van der Waals surface area contributed by atoms with E-state index in [-0.39, 0.29) is 12.8 Å². The maximum atomic E-state index is 11.3.